The molecule has 1 amide bonds. The summed E-state index contributed by atoms with van der Waals surface area (Å²) < 4.78 is 4.66. The lowest BCUT2D eigenvalue weighted by atomic mass is 10.1. The van der Waals surface area contributed by atoms with Gasteiger partial charge in [0.2, 0.25) is 5.91 Å². The van der Waals surface area contributed by atoms with Crippen LogP contribution in [0.5, 0.6) is 0 Å². The molecule has 0 saturated heterocycles. The molecule has 3 N–H and O–H groups in total. The zero-order valence-corrected chi connectivity index (χ0v) is 9.71. The minimum absolute atomic E-state index is 0.0124. The van der Waals surface area contributed by atoms with E-state index in [4.69, 9.17) is 0 Å². The van der Waals surface area contributed by atoms with Crippen LogP contribution in [-0.4, -0.2) is 38.6 Å². The van der Waals surface area contributed by atoms with Crippen LogP contribution in [0.4, 0.5) is 0 Å². The lowest BCUT2D eigenvalue weighted by molar-refractivity contribution is -0.652. The Morgan fingerprint density at radius 1 is 1.40 bits per heavy atom. The summed E-state index contributed by atoms with van der Waals surface area (Å²) in [5.74, 6) is -0.196. The van der Waals surface area contributed by atoms with Crippen LogP contribution in [0.1, 0.15) is 26.2 Å². The Hall–Kier alpha value is -1.10. The smallest absolute Gasteiger partial charge is 0.364 e. The van der Waals surface area contributed by atoms with Gasteiger partial charge in [-0.05, 0) is 12.8 Å². The van der Waals surface area contributed by atoms with Crippen molar-refractivity contribution in [2.75, 3.05) is 20.7 Å². The second-order valence-electron chi connectivity index (χ2n) is 3.44. The first-order valence-corrected chi connectivity index (χ1v) is 5.23. The van der Waals surface area contributed by atoms with E-state index >= 15 is 0 Å². The van der Waals surface area contributed by atoms with E-state index < -0.39 is 0 Å². The summed E-state index contributed by atoms with van der Waals surface area (Å²) in [6, 6.07) is -0.118. The van der Waals surface area contributed by atoms with E-state index in [2.05, 4.69) is 10.1 Å². The molecule has 0 aromatic carbocycles. The minimum Gasteiger partial charge on any atom is -0.465 e. The summed E-state index contributed by atoms with van der Waals surface area (Å²) in [5, 5.41) is 4.57. The van der Waals surface area contributed by atoms with Gasteiger partial charge < -0.3 is 15.4 Å². The van der Waals surface area contributed by atoms with Crippen LogP contribution in [0.2, 0.25) is 0 Å². The average Bonchev–Trinajstić information content (AvgIpc) is 2.22. The molecule has 0 aliphatic carbocycles. The fraction of sp³-hybridized carbons (Fsp3) is 0.800. The molecule has 0 aromatic heterocycles. The van der Waals surface area contributed by atoms with Crippen LogP contribution in [0.25, 0.3) is 0 Å². The normalized spacial score (nSPS) is 11.9. The number of quaternary nitrogens is 1. The molecule has 15 heavy (non-hydrogen) atoms. The van der Waals surface area contributed by atoms with Crippen molar-refractivity contribution in [2.24, 2.45) is 0 Å². The number of likely N-dealkylation sites (N-methyl/N-ethyl adjacent to an activating group) is 1. The third-order valence-corrected chi connectivity index (χ3v) is 2.22. The van der Waals surface area contributed by atoms with Crippen molar-refractivity contribution in [3.8, 4) is 0 Å². The number of carbonyl (C=O) groups excluding carboxylic acids is 2. The van der Waals surface area contributed by atoms with Gasteiger partial charge in [-0.1, -0.05) is 0 Å². The molecule has 0 spiro atoms. The highest BCUT2D eigenvalue weighted by atomic mass is 16.5. The highest BCUT2D eigenvalue weighted by Crippen LogP contribution is 1.98. The highest BCUT2D eigenvalue weighted by molar-refractivity contribution is 5.73. The van der Waals surface area contributed by atoms with Gasteiger partial charge in [-0.15, -0.1) is 0 Å². The summed E-state index contributed by atoms with van der Waals surface area (Å²) in [6.07, 6.45) is 2.58. The predicted molar refractivity (Wildman–Crippen MR) is 56.2 cm³/mol. The summed E-state index contributed by atoms with van der Waals surface area (Å²) >= 11 is 0. The molecule has 5 nitrogen and oxygen atoms in total. The third kappa shape index (κ3) is 6.90. The van der Waals surface area contributed by atoms with E-state index in [0.29, 0.717) is 6.54 Å². The zero-order valence-electron chi connectivity index (χ0n) is 9.71. The molecule has 0 radical (unpaired) electrons. The molecule has 0 aliphatic heterocycles. The second kappa shape index (κ2) is 8.23. The van der Waals surface area contributed by atoms with Crippen LogP contribution < -0.4 is 10.6 Å². The largest absolute Gasteiger partial charge is 0.465 e. The number of nitrogens with two attached hydrogens (primary N) is 1. The summed E-state index contributed by atoms with van der Waals surface area (Å²) in [7, 11) is 3.26. The third-order valence-electron chi connectivity index (χ3n) is 2.22. The number of hydrogen-bond acceptors (Lipinski definition) is 3. The van der Waals surface area contributed by atoms with Gasteiger partial charge >= 0.3 is 5.97 Å². The standard InChI is InChI=1S/C10H20N2O3/c1-8(13)12-7-5-4-6-9(11-2)10(14)15-3/h9,11H,4-7H2,1-3H3,(H,12,13)/p+1/t9-/m0/s1. The summed E-state index contributed by atoms with van der Waals surface area (Å²) in [4.78, 5) is 21.8. The van der Waals surface area contributed by atoms with Gasteiger partial charge in [0, 0.05) is 19.9 Å². The van der Waals surface area contributed by atoms with Crippen molar-refractivity contribution in [3.63, 3.8) is 0 Å². The van der Waals surface area contributed by atoms with Crippen molar-refractivity contribution >= 4 is 11.9 Å². The van der Waals surface area contributed by atoms with Gasteiger partial charge in [-0.25, -0.2) is 4.79 Å². The fourth-order valence-electron chi connectivity index (χ4n) is 1.33. The molecule has 0 aliphatic rings. The molecular weight excluding hydrogens is 196 g/mol. The fourth-order valence-corrected chi connectivity index (χ4v) is 1.33. The van der Waals surface area contributed by atoms with Crippen LogP contribution in [0.15, 0.2) is 0 Å². The van der Waals surface area contributed by atoms with Crippen molar-refractivity contribution < 1.29 is 19.6 Å². The number of hydrogen-bond donors (Lipinski definition) is 2. The first-order valence-electron chi connectivity index (χ1n) is 5.23. The van der Waals surface area contributed by atoms with Crippen LogP contribution in [-0.2, 0) is 14.3 Å². The molecule has 1 atom stereocenters. The Morgan fingerprint density at radius 2 is 2.07 bits per heavy atom. The lowest BCUT2D eigenvalue weighted by Crippen LogP contribution is -2.88. The Balaban J connectivity index is 3.55. The number of rotatable bonds is 7. The number of ether oxygens (including phenoxy) is 1. The molecule has 0 aromatic rings. The highest BCUT2D eigenvalue weighted by Gasteiger charge is 2.19. The lowest BCUT2D eigenvalue weighted by Gasteiger charge is -2.10. The number of unbranched alkanes of at least 4 members (excludes halogenated alkanes) is 1. The van der Waals surface area contributed by atoms with Gasteiger partial charge in [0.25, 0.3) is 0 Å². The van der Waals surface area contributed by atoms with E-state index in [9.17, 15) is 9.59 Å². The molecule has 88 valence electrons. The number of carbonyl (C=O) groups is 2. The Bertz CT molecular complexity index is 207. The van der Waals surface area contributed by atoms with E-state index in [1.54, 1.807) is 0 Å². The van der Waals surface area contributed by atoms with E-state index in [-0.39, 0.29) is 17.9 Å². The van der Waals surface area contributed by atoms with Crippen LogP contribution in [0.3, 0.4) is 0 Å². The van der Waals surface area contributed by atoms with Crippen molar-refractivity contribution in [1.82, 2.24) is 5.32 Å². The number of methoxy groups -OCH3 is 1. The molecule has 0 heterocycles. The SMILES string of the molecule is C[NH2+][C@@H](CCCCNC(C)=O)C(=O)OC. The molecule has 0 fully saturated rings. The van der Waals surface area contributed by atoms with Gasteiger partial charge in [0.05, 0.1) is 14.2 Å². The number of nitrogens with one attached hydrogen (secondary N) is 1. The van der Waals surface area contributed by atoms with Gasteiger partial charge in [0.15, 0.2) is 6.04 Å². The maximum atomic E-state index is 11.2. The Labute approximate surface area is 90.6 Å². The summed E-state index contributed by atoms with van der Waals surface area (Å²) in [5.41, 5.74) is 0. The topological polar surface area (TPSA) is 72.0 Å². The van der Waals surface area contributed by atoms with Crippen LogP contribution >= 0.6 is 0 Å². The monoisotopic (exact) mass is 217 g/mol. The molecule has 0 unspecified atom stereocenters. The predicted octanol–water partition coefficient (Wildman–Crippen LogP) is -0.972. The molecule has 0 bridgehead atoms. The number of amides is 1. The second-order valence-corrected chi connectivity index (χ2v) is 3.44. The molecule has 0 rings (SSSR count). The Kier molecular flexibility index (Phi) is 7.62. The minimum atomic E-state index is -0.183. The van der Waals surface area contributed by atoms with E-state index in [0.717, 1.165) is 19.3 Å². The molecular formula is C10H21N2O3+. The zero-order chi connectivity index (χ0) is 11.7. The first-order chi connectivity index (χ1) is 7.11. The van der Waals surface area contributed by atoms with Crippen molar-refractivity contribution in [2.45, 2.75) is 32.2 Å². The maximum absolute atomic E-state index is 11.2. The molecule has 5 heteroatoms. The quantitative estimate of drug-likeness (QED) is 0.425. The van der Waals surface area contributed by atoms with Gasteiger partial charge in [-0.2, -0.15) is 0 Å². The average molecular weight is 217 g/mol. The van der Waals surface area contributed by atoms with E-state index in [1.807, 2.05) is 12.4 Å². The van der Waals surface area contributed by atoms with Gasteiger partial charge in [0.1, 0.15) is 0 Å². The molecule has 0 saturated carbocycles. The summed E-state index contributed by atoms with van der Waals surface area (Å²) in [6.45, 7) is 2.17. The van der Waals surface area contributed by atoms with Crippen molar-refractivity contribution in [3.05, 3.63) is 0 Å². The van der Waals surface area contributed by atoms with Crippen molar-refractivity contribution in [1.29, 1.82) is 0 Å². The Morgan fingerprint density at radius 3 is 2.53 bits per heavy atom. The number of esters is 1. The van der Waals surface area contributed by atoms with Gasteiger partial charge in [-0.3, -0.25) is 4.79 Å². The first kappa shape index (κ1) is 13.9. The van der Waals surface area contributed by atoms with E-state index in [1.165, 1.54) is 14.0 Å². The maximum Gasteiger partial charge on any atom is 0.364 e. The van der Waals surface area contributed by atoms with Crippen LogP contribution in [0, 0.1) is 0 Å².